The van der Waals surface area contributed by atoms with Crippen molar-refractivity contribution in [2.45, 2.75) is 118 Å². The van der Waals surface area contributed by atoms with Gasteiger partial charge in [-0.25, -0.2) is 5.84 Å². The van der Waals surface area contributed by atoms with E-state index in [0.29, 0.717) is 74.5 Å². The van der Waals surface area contributed by atoms with Crippen molar-refractivity contribution in [1.82, 2.24) is 15.6 Å². The molecule has 1 heterocycles. The lowest BCUT2D eigenvalue weighted by molar-refractivity contribution is -0.940. The molecule has 0 unspecified atom stereocenters. The van der Waals surface area contributed by atoms with Crippen LogP contribution < -0.4 is 31.7 Å². The number of quaternary nitrogens is 1. The Morgan fingerprint density at radius 1 is 0.789 bits per heavy atom. The Kier molecular flexibility index (Phi) is 20.9. The normalized spacial score (nSPS) is 16.8. The van der Waals surface area contributed by atoms with Gasteiger partial charge in [0.15, 0.2) is 28.8 Å². The van der Waals surface area contributed by atoms with Crippen molar-refractivity contribution in [3.63, 3.8) is 0 Å². The summed E-state index contributed by atoms with van der Waals surface area (Å²) in [6.45, 7) is 13.8. The molecule has 1 saturated heterocycles. The number of nitrogens with zero attached hydrogens (tertiary/aromatic N) is 2. The second-order valence-corrected chi connectivity index (χ2v) is 21.1. The van der Waals surface area contributed by atoms with Gasteiger partial charge in [-0.2, -0.15) is 0 Å². The predicted octanol–water partition coefficient (Wildman–Crippen LogP) is 6.40. The number of esters is 1. The van der Waals surface area contributed by atoms with Gasteiger partial charge < -0.3 is 40.1 Å². The summed E-state index contributed by atoms with van der Waals surface area (Å²) in [6.07, 6.45) is 4.93. The van der Waals surface area contributed by atoms with Crippen LogP contribution in [-0.4, -0.2) is 103 Å². The number of nitrogens with one attached hydrogen (secondary N) is 2. The smallest absolute Gasteiger partial charge is 0.308 e. The number of amides is 2. The third-order valence-electron chi connectivity index (χ3n) is 13.4. The second-order valence-electron chi connectivity index (χ2n) is 21.1. The summed E-state index contributed by atoms with van der Waals surface area (Å²) in [7, 11) is 1.63. The maximum absolute atomic E-state index is 14.7. The Bertz CT molecular complexity index is 2290. The Morgan fingerprint density at radius 2 is 1.38 bits per heavy atom. The first-order valence-electron chi connectivity index (χ1n) is 25.3. The van der Waals surface area contributed by atoms with Gasteiger partial charge in [-0.15, -0.1) is 0 Å². The number of ether oxygens (including phenoxy) is 3. The number of benzene rings is 3. The zero-order chi connectivity index (χ0) is 51.7. The van der Waals surface area contributed by atoms with Crippen LogP contribution in [0.15, 0.2) is 90.8 Å². The highest BCUT2D eigenvalue weighted by Crippen LogP contribution is 2.47. The van der Waals surface area contributed by atoms with E-state index in [1.807, 2.05) is 101 Å². The monoisotopic (exact) mass is 980 g/mol. The summed E-state index contributed by atoms with van der Waals surface area (Å²) < 4.78 is 17.6. The number of Topliss-reactive ketones (excluding diaryl/α,β-unsaturated/α-hetero) is 3. The van der Waals surface area contributed by atoms with Crippen molar-refractivity contribution >= 4 is 35.1 Å². The van der Waals surface area contributed by atoms with E-state index in [1.165, 1.54) is 18.1 Å². The largest absolute Gasteiger partial charge is 0.483 e. The number of nitrogens with two attached hydrogens (primary N) is 2. The molecule has 0 bridgehead atoms. The number of aryl methyl sites for hydroxylation is 1. The molecule has 71 heavy (non-hydrogen) atoms. The first kappa shape index (κ1) is 56.0. The van der Waals surface area contributed by atoms with E-state index in [9.17, 15) is 28.8 Å². The minimum atomic E-state index is -0.910. The summed E-state index contributed by atoms with van der Waals surface area (Å²) in [4.78, 5) is 83.8. The molecule has 0 radical (unpaired) electrons. The molecule has 15 nitrogen and oxygen atoms in total. The van der Waals surface area contributed by atoms with Gasteiger partial charge in [-0.1, -0.05) is 95.3 Å². The van der Waals surface area contributed by atoms with Crippen molar-refractivity contribution in [3.8, 4) is 11.5 Å². The van der Waals surface area contributed by atoms with Crippen molar-refractivity contribution < 1.29 is 47.5 Å². The molecule has 3 aromatic rings. The predicted molar refractivity (Wildman–Crippen MR) is 273 cm³/mol. The highest BCUT2D eigenvalue weighted by atomic mass is 16.6. The van der Waals surface area contributed by atoms with Gasteiger partial charge in [-0.3, -0.25) is 28.8 Å². The van der Waals surface area contributed by atoms with Crippen LogP contribution >= 0.6 is 0 Å². The molecule has 4 atom stereocenters. The fourth-order valence-electron chi connectivity index (χ4n) is 9.40. The van der Waals surface area contributed by atoms with Gasteiger partial charge in [-0.05, 0) is 86.1 Å². The van der Waals surface area contributed by atoms with Crippen LogP contribution in [0.2, 0.25) is 0 Å². The molecule has 5 rings (SSSR count). The van der Waals surface area contributed by atoms with Gasteiger partial charge in [0.1, 0.15) is 32.8 Å². The first-order valence-corrected chi connectivity index (χ1v) is 25.3. The van der Waals surface area contributed by atoms with E-state index >= 15 is 0 Å². The molecule has 3 aromatic carbocycles. The number of hydrazine groups is 1. The molecule has 6 N–H and O–H groups in total. The van der Waals surface area contributed by atoms with Crippen molar-refractivity contribution in [2.24, 2.45) is 40.7 Å². The zero-order valence-corrected chi connectivity index (χ0v) is 43.1. The standard InChI is InChI=1S/C56H78N6O9/c1-38(2)28-48(50(65)33-45(30-42-16-12-9-13-17-42)55(68)60-49(29-39(3)4)53(66)56(6)22-23-56)59-54(67)44(20-18-41-14-10-8-11-15-41)32-47(64)36-62(24-26-69-27-25-62)35-43-19-21-51(71-40(5)63)52(31-43)70-37-46(57)34-61(7)58/h8-17,19,21,31,34,38-39,44-45,48-49H,18,20,22-30,32-33,35-37,57-58H2,1-7H3,(H-,59,60,67,68)/p+1/b46-34-/t44-,45-,48+,49+/m1/s1. The number of rotatable bonds is 29. The summed E-state index contributed by atoms with van der Waals surface area (Å²) in [5, 5.41) is 7.48. The van der Waals surface area contributed by atoms with E-state index in [4.69, 9.17) is 25.8 Å². The summed E-state index contributed by atoms with van der Waals surface area (Å²) in [5.41, 5.74) is 8.74. The van der Waals surface area contributed by atoms with Crippen molar-refractivity contribution in [1.29, 1.82) is 0 Å². The van der Waals surface area contributed by atoms with E-state index in [1.54, 1.807) is 19.2 Å². The fraction of sp³-hybridized carbons (Fsp3) is 0.536. The lowest BCUT2D eigenvalue weighted by Crippen LogP contribution is -2.57. The van der Waals surface area contributed by atoms with Crippen LogP contribution in [0, 0.1) is 29.1 Å². The number of morpholine rings is 1. The number of ketones is 3. The van der Waals surface area contributed by atoms with Crippen LogP contribution in [0.3, 0.4) is 0 Å². The summed E-state index contributed by atoms with van der Waals surface area (Å²) in [6, 6.07) is 23.0. The lowest BCUT2D eigenvalue weighted by Gasteiger charge is -2.41. The lowest BCUT2D eigenvalue weighted by atomic mass is 9.87. The molecule has 15 heteroatoms. The van der Waals surface area contributed by atoms with E-state index in [-0.39, 0.29) is 79.2 Å². The Balaban J connectivity index is 1.37. The van der Waals surface area contributed by atoms with Crippen molar-refractivity contribution in [3.05, 3.63) is 107 Å². The van der Waals surface area contributed by atoms with Gasteiger partial charge >= 0.3 is 5.97 Å². The Morgan fingerprint density at radius 3 is 1.97 bits per heavy atom. The number of hydrogen-bond donors (Lipinski definition) is 4. The molecule has 2 amide bonds. The van der Waals surface area contributed by atoms with Gasteiger partial charge in [0.25, 0.3) is 0 Å². The number of carbonyl (C=O) groups is 6. The maximum atomic E-state index is 14.7. The van der Waals surface area contributed by atoms with E-state index < -0.39 is 35.3 Å². The SMILES string of the molecule is CC(=O)Oc1ccc(C[N+]2(CC(=O)C[C@@H](CCc3ccccc3)C(=O)N[C@@H](CC(C)C)C(=O)C[C@@H](Cc3ccccc3)C(=O)N[C@@H](CC(C)C)C(=O)C3(C)CC3)CCOCC2)cc1OC/C(N)=C/N(C)N. The highest BCUT2D eigenvalue weighted by Gasteiger charge is 2.48. The first-order chi connectivity index (χ1) is 33.7. The topological polar surface area (TPSA) is 209 Å². The summed E-state index contributed by atoms with van der Waals surface area (Å²) >= 11 is 0. The zero-order valence-electron chi connectivity index (χ0n) is 43.1. The molecule has 1 aliphatic carbocycles. The Labute approximate surface area is 421 Å². The van der Waals surface area contributed by atoms with E-state index in [0.717, 1.165) is 29.5 Å². The van der Waals surface area contributed by atoms with E-state index in [2.05, 4.69) is 10.6 Å². The average Bonchev–Trinajstić information content (AvgIpc) is 4.07. The van der Waals surface area contributed by atoms with Crippen LogP contribution in [0.25, 0.3) is 0 Å². The highest BCUT2D eigenvalue weighted by molar-refractivity contribution is 5.97. The average molecular weight is 980 g/mol. The number of hydrogen-bond acceptors (Lipinski definition) is 12. The quantitative estimate of drug-likeness (QED) is 0.0196. The van der Waals surface area contributed by atoms with Crippen molar-refractivity contribution in [2.75, 3.05) is 46.5 Å². The van der Waals surface area contributed by atoms with Gasteiger partial charge in [0, 0.05) is 55.8 Å². The van der Waals surface area contributed by atoms with Gasteiger partial charge in [0.2, 0.25) is 11.8 Å². The third kappa shape index (κ3) is 18.3. The Hall–Kier alpha value is -5.90. The van der Waals surface area contributed by atoms with Crippen LogP contribution in [0.1, 0.15) is 103 Å². The minimum Gasteiger partial charge on any atom is -0.483 e. The molecular weight excluding hydrogens is 901 g/mol. The van der Waals surface area contributed by atoms with Gasteiger partial charge in [0.05, 0.1) is 31.0 Å². The molecule has 1 saturated carbocycles. The molecule has 2 fully saturated rings. The molecular formula is C56H79N6O9+. The minimum absolute atomic E-state index is 0.0172. The molecule has 0 spiro atoms. The maximum Gasteiger partial charge on any atom is 0.308 e. The fourth-order valence-corrected chi connectivity index (χ4v) is 9.40. The third-order valence-corrected chi connectivity index (χ3v) is 13.4. The molecule has 1 aliphatic heterocycles. The van der Waals surface area contributed by atoms with Crippen LogP contribution in [-0.2, 0) is 52.9 Å². The summed E-state index contributed by atoms with van der Waals surface area (Å²) in [5.74, 6) is 3.29. The van der Waals surface area contributed by atoms with Crippen LogP contribution in [0.4, 0.5) is 0 Å². The number of carbonyl (C=O) groups excluding carboxylic acids is 6. The van der Waals surface area contributed by atoms with Crippen LogP contribution in [0.5, 0.6) is 11.5 Å². The second kappa shape index (κ2) is 26.5. The molecule has 2 aliphatic rings. The molecule has 0 aromatic heterocycles. The molecule has 386 valence electrons.